The smallest absolute Gasteiger partial charge is 0.153 e. The number of benzene rings is 2. The highest BCUT2D eigenvalue weighted by Gasteiger charge is 2.17. The van der Waals surface area contributed by atoms with E-state index in [0.717, 1.165) is 49.4 Å². The summed E-state index contributed by atoms with van der Waals surface area (Å²) in [5.74, 6) is 1.39. The molecule has 2 rings (SSSR count). The zero-order chi connectivity index (χ0) is 28.0. The number of ether oxygens (including phenoxy) is 2. The summed E-state index contributed by atoms with van der Waals surface area (Å²) in [6.07, 6.45) is 13.7. The molecule has 0 N–H and O–H groups in total. The molecular weight excluding hydrogens is 472 g/mol. The van der Waals surface area contributed by atoms with Gasteiger partial charge in [-0.15, -0.1) is 0 Å². The zero-order valence-corrected chi connectivity index (χ0v) is 24.7. The lowest BCUT2D eigenvalue weighted by Gasteiger charge is -2.20. The third kappa shape index (κ3) is 11.0. The minimum absolute atomic E-state index is 0.0202. The standard InChI is InChI=1S/C34H50O4/c1-33(2,3)29-17-19-31(27(23-29)25-35)37-21-15-13-11-9-7-8-10-12-14-16-22-38-32-20-18-30(34(4,5)6)24-28(32)26-36/h17-20,23-26H,7-16,21-22H2,1-6H3. The molecule has 0 aliphatic carbocycles. The average Bonchev–Trinajstić information content (AvgIpc) is 2.87. The van der Waals surface area contributed by atoms with Gasteiger partial charge < -0.3 is 9.47 Å². The maximum absolute atomic E-state index is 11.5. The molecule has 0 heterocycles. The van der Waals surface area contributed by atoms with Crippen molar-refractivity contribution in [1.29, 1.82) is 0 Å². The van der Waals surface area contributed by atoms with Crippen molar-refractivity contribution < 1.29 is 19.1 Å². The van der Waals surface area contributed by atoms with Crippen molar-refractivity contribution in [2.45, 2.75) is 117 Å². The Hall–Kier alpha value is -2.62. The number of aldehydes is 2. The lowest BCUT2D eigenvalue weighted by atomic mass is 9.86. The predicted molar refractivity (Wildman–Crippen MR) is 158 cm³/mol. The van der Waals surface area contributed by atoms with Crippen LogP contribution in [0.2, 0.25) is 0 Å². The van der Waals surface area contributed by atoms with Crippen LogP contribution in [0, 0.1) is 0 Å². The second-order valence-electron chi connectivity index (χ2n) is 12.5. The Kier molecular flexibility index (Phi) is 13.1. The molecule has 0 bridgehead atoms. The fraction of sp³-hybridized carbons (Fsp3) is 0.588. The number of hydrogen-bond donors (Lipinski definition) is 0. The largest absolute Gasteiger partial charge is 0.493 e. The average molecular weight is 523 g/mol. The van der Waals surface area contributed by atoms with Crippen LogP contribution in [0.4, 0.5) is 0 Å². The van der Waals surface area contributed by atoms with Crippen LogP contribution in [0.5, 0.6) is 11.5 Å². The Morgan fingerprint density at radius 1 is 0.526 bits per heavy atom. The zero-order valence-electron chi connectivity index (χ0n) is 24.7. The van der Waals surface area contributed by atoms with E-state index < -0.39 is 0 Å². The Balaban J connectivity index is 1.48. The van der Waals surface area contributed by atoms with Gasteiger partial charge >= 0.3 is 0 Å². The molecule has 0 aliphatic rings. The molecule has 0 radical (unpaired) electrons. The Morgan fingerprint density at radius 3 is 1.13 bits per heavy atom. The molecule has 0 saturated heterocycles. The highest BCUT2D eigenvalue weighted by Crippen LogP contribution is 2.28. The second kappa shape index (κ2) is 15.7. The van der Waals surface area contributed by atoms with E-state index >= 15 is 0 Å². The maximum Gasteiger partial charge on any atom is 0.153 e. The van der Waals surface area contributed by atoms with Gasteiger partial charge in [0.15, 0.2) is 12.6 Å². The highest BCUT2D eigenvalue weighted by atomic mass is 16.5. The predicted octanol–water partition coefficient (Wildman–Crippen LogP) is 9.27. The van der Waals surface area contributed by atoms with Gasteiger partial charge in [0.05, 0.1) is 24.3 Å². The van der Waals surface area contributed by atoms with Crippen LogP contribution in [-0.4, -0.2) is 25.8 Å². The van der Waals surface area contributed by atoms with Crippen LogP contribution in [-0.2, 0) is 10.8 Å². The minimum Gasteiger partial charge on any atom is -0.493 e. The molecule has 0 aromatic heterocycles. The van der Waals surface area contributed by atoms with Gasteiger partial charge in [0.25, 0.3) is 0 Å². The van der Waals surface area contributed by atoms with Gasteiger partial charge in [-0.1, -0.05) is 105 Å². The third-order valence-electron chi connectivity index (χ3n) is 7.06. The fourth-order valence-corrected chi connectivity index (χ4v) is 4.46. The number of hydrogen-bond acceptors (Lipinski definition) is 4. The summed E-state index contributed by atoms with van der Waals surface area (Å²) in [6.45, 7) is 14.2. The normalized spacial score (nSPS) is 11.8. The van der Waals surface area contributed by atoms with E-state index in [0.29, 0.717) is 35.8 Å². The first-order chi connectivity index (χ1) is 18.1. The van der Waals surface area contributed by atoms with E-state index in [-0.39, 0.29) is 10.8 Å². The summed E-state index contributed by atoms with van der Waals surface area (Å²) in [5.41, 5.74) is 3.62. The summed E-state index contributed by atoms with van der Waals surface area (Å²) in [4.78, 5) is 22.9. The fourth-order valence-electron chi connectivity index (χ4n) is 4.46. The van der Waals surface area contributed by atoms with E-state index in [1.165, 1.54) is 38.5 Å². The van der Waals surface area contributed by atoms with Crippen molar-refractivity contribution in [3.8, 4) is 11.5 Å². The first-order valence-electron chi connectivity index (χ1n) is 14.5. The van der Waals surface area contributed by atoms with Crippen molar-refractivity contribution in [2.75, 3.05) is 13.2 Å². The van der Waals surface area contributed by atoms with Gasteiger partial charge in [0.2, 0.25) is 0 Å². The van der Waals surface area contributed by atoms with Gasteiger partial charge in [-0.05, 0) is 59.1 Å². The lowest BCUT2D eigenvalue weighted by molar-refractivity contribution is 0.111. The molecule has 38 heavy (non-hydrogen) atoms. The van der Waals surface area contributed by atoms with Gasteiger partial charge in [-0.25, -0.2) is 0 Å². The first-order valence-corrected chi connectivity index (χ1v) is 14.5. The topological polar surface area (TPSA) is 52.6 Å². The quantitative estimate of drug-likeness (QED) is 0.153. The minimum atomic E-state index is 0.0202. The molecule has 2 aromatic rings. The number of carbonyl (C=O) groups is 2. The lowest BCUT2D eigenvalue weighted by Crippen LogP contribution is -2.12. The molecular formula is C34H50O4. The molecule has 210 valence electrons. The number of rotatable bonds is 17. The van der Waals surface area contributed by atoms with Crippen LogP contribution in [0.25, 0.3) is 0 Å². The molecule has 0 aliphatic heterocycles. The summed E-state index contributed by atoms with van der Waals surface area (Å²) in [7, 11) is 0. The Morgan fingerprint density at radius 2 is 0.842 bits per heavy atom. The van der Waals surface area contributed by atoms with E-state index in [1.807, 2.05) is 24.3 Å². The van der Waals surface area contributed by atoms with Crippen LogP contribution < -0.4 is 9.47 Å². The van der Waals surface area contributed by atoms with Crippen molar-refractivity contribution in [3.05, 3.63) is 58.7 Å². The molecule has 0 amide bonds. The van der Waals surface area contributed by atoms with Crippen LogP contribution in [0.1, 0.15) is 138 Å². The van der Waals surface area contributed by atoms with Crippen LogP contribution in [0.15, 0.2) is 36.4 Å². The molecule has 0 atom stereocenters. The molecule has 0 saturated carbocycles. The van der Waals surface area contributed by atoms with Crippen LogP contribution >= 0.6 is 0 Å². The summed E-state index contributed by atoms with van der Waals surface area (Å²) >= 11 is 0. The SMILES string of the molecule is CC(C)(C)c1ccc(OCCCCCCCCCCCCOc2ccc(C(C)(C)C)cc2C=O)c(C=O)c1. The van der Waals surface area contributed by atoms with E-state index in [1.54, 1.807) is 0 Å². The van der Waals surface area contributed by atoms with E-state index in [4.69, 9.17) is 9.47 Å². The second-order valence-corrected chi connectivity index (χ2v) is 12.5. The van der Waals surface area contributed by atoms with Crippen molar-refractivity contribution in [3.63, 3.8) is 0 Å². The number of carbonyl (C=O) groups excluding carboxylic acids is 2. The van der Waals surface area contributed by atoms with E-state index in [2.05, 4.69) is 53.7 Å². The van der Waals surface area contributed by atoms with Gasteiger partial charge in [0, 0.05) is 0 Å². The third-order valence-corrected chi connectivity index (χ3v) is 7.06. The molecule has 2 aromatic carbocycles. The molecule has 4 heteroatoms. The summed E-state index contributed by atoms with van der Waals surface area (Å²) < 4.78 is 11.8. The number of unbranched alkanes of at least 4 members (excludes halogenated alkanes) is 9. The summed E-state index contributed by atoms with van der Waals surface area (Å²) in [5, 5.41) is 0. The Labute approximate surface area is 231 Å². The van der Waals surface area contributed by atoms with Gasteiger partial charge in [-0.3, -0.25) is 9.59 Å². The molecule has 0 spiro atoms. The van der Waals surface area contributed by atoms with Gasteiger partial charge in [0.1, 0.15) is 11.5 Å². The van der Waals surface area contributed by atoms with E-state index in [9.17, 15) is 9.59 Å². The maximum atomic E-state index is 11.5. The van der Waals surface area contributed by atoms with Crippen molar-refractivity contribution in [2.24, 2.45) is 0 Å². The monoisotopic (exact) mass is 522 g/mol. The molecule has 0 unspecified atom stereocenters. The molecule has 0 fully saturated rings. The highest BCUT2D eigenvalue weighted by molar-refractivity contribution is 5.80. The Bertz CT molecular complexity index is 913. The van der Waals surface area contributed by atoms with Crippen LogP contribution in [0.3, 0.4) is 0 Å². The van der Waals surface area contributed by atoms with Crippen molar-refractivity contribution >= 4 is 12.6 Å². The van der Waals surface area contributed by atoms with Gasteiger partial charge in [-0.2, -0.15) is 0 Å². The molecule has 4 nitrogen and oxygen atoms in total. The van der Waals surface area contributed by atoms with Crippen molar-refractivity contribution in [1.82, 2.24) is 0 Å². The first kappa shape index (κ1) is 31.6. The summed E-state index contributed by atoms with van der Waals surface area (Å²) in [6, 6.07) is 11.9.